The van der Waals surface area contributed by atoms with Gasteiger partial charge >= 0.3 is 5.97 Å². The molecule has 106 valence electrons. The highest BCUT2D eigenvalue weighted by molar-refractivity contribution is 5.91. The first-order chi connectivity index (χ1) is 9.69. The van der Waals surface area contributed by atoms with Crippen LogP contribution in [-0.4, -0.2) is 54.2 Å². The average Bonchev–Trinajstić information content (AvgIpc) is 2.92. The Morgan fingerprint density at radius 1 is 1.35 bits per heavy atom. The van der Waals surface area contributed by atoms with E-state index in [-0.39, 0.29) is 11.3 Å². The predicted octanol–water partition coefficient (Wildman–Crippen LogP) is -0.553. The number of aromatic nitrogens is 3. The highest BCUT2D eigenvalue weighted by atomic mass is 16.5. The van der Waals surface area contributed by atoms with Crippen molar-refractivity contribution in [3.05, 3.63) is 22.1 Å². The van der Waals surface area contributed by atoms with Gasteiger partial charge < -0.3 is 24.9 Å². The molecule has 3 heterocycles. The van der Waals surface area contributed by atoms with Crippen LogP contribution in [0.4, 0.5) is 5.95 Å². The van der Waals surface area contributed by atoms with E-state index in [1.54, 1.807) is 0 Å². The maximum Gasteiger partial charge on any atom is 0.354 e. The van der Waals surface area contributed by atoms with Crippen LogP contribution in [0.2, 0.25) is 0 Å². The van der Waals surface area contributed by atoms with Gasteiger partial charge in [0.1, 0.15) is 11.2 Å². The third-order valence-electron chi connectivity index (χ3n) is 3.30. The molecule has 8 heteroatoms. The summed E-state index contributed by atoms with van der Waals surface area (Å²) in [5, 5.41) is 3.25. The van der Waals surface area contributed by atoms with Gasteiger partial charge in [-0.25, -0.2) is 9.78 Å². The van der Waals surface area contributed by atoms with E-state index in [2.05, 4.69) is 29.9 Å². The minimum absolute atomic E-state index is 0.100. The maximum absolute atomic E-state index is 12.0. The number of hydrogen-bond donors (Lipinski definition) is 3. The first-order valence-electron chi connectivity index (χ1n) is 6.36. The van der Waals surface area contributed by atoms with Gasteiger partial charge in [-0.2, -0.15) is 0 Å². The molecule has 20 heavy (non-hydrogen) atoms. The number of hydrogen-bond acceptors (Lipinski definition) is 6. The monoisotopic (exact) mass is 277 g/mol. The molecule has 1 aliphatic heterocycles. The molecule has 3 rings (SSSR count). The second kappa shape index (κ2) is 4.97. The Labute approximate surface area is 114 Å². The number of nitrogens with one attached hydrogen (secondary N) is 3. The Balaban J connectivity index is 2.04. The molecule has 8 nitrogen and oxygen atoms in total. The number of aromatic amines is 2. The molecule has 1 aliphatic rings. The quantitative estimate of drug-likeness (QED) is 0.636. The van der Waals surface area contributed by atoms with E-state index in [0.717, 1.165) is 26.2 Å². The third kappa shape index (κ3) is 2.14. The Hall–Kier alpha value is -2.35. The number of nitrogens with zero attached hydrogens (tertiary/aromatic N) is 2. The zero-order valence-electron chi connectivity index (χ0n) is 11.0. The lowest BCUT2D eigenvalue weighted by Gasteiger charge is -2.26. The smallest absolute Gasteiger partial charge is 0.354 e. The Kier molecular flexibility index (Phi) is 3.15. The molecule has 0 bridgehead atoms. The summed E-state index contributed by atoms with van der Waals surface area (Å²) in [7, 11) is 1.27. The van der Waals surface area contributed by atoms with Crippen molar-refractivity contribution < 1.29 is 9.53 Å². The Morgan fingerprint density at radius 3 is 2.80 bits per heavy atom. The molecule has 0 aromatic carbocycles. The van der Waals surface area contributed by atoms with Crippen LogP contribution < -0.4 is 15.8 Å². The number of rotatable bonds is 2. The number of esters is 1. The summed E-state index contributed by atoms with van der Waals surface area (Å²) in [6.07, 6.45) is 0. The molecule has 1 saturated heterocycles. The van der Waals surface area contributed by atoms with Gasteiger partial charge in [-0.15, -0.1) is 0 Å². The van der Waals surface area contributed by atoms with Crippen molar-refractivity contribution in [3.63, 3.8) is 0 Å². The van der Waals surface area contributed by atoms with Crippen molar-refractivity contribution in [1.29, 1.82) is 0 Å². The second-order valence-electron chi connectivity index (χ2n) is 4.56. The molecule has 0 spiro atoms. The average molecular weight is 277 g/mol. The number of anilines is 1. The molecular weight excluding hydrogens is 262 g/mol. The first kappa shape index (κ1) is 12.7. The summed E-state index contributed by atoms with van der Waals surface area (Å²) in [4.78, 5) is 35.4. The number of pyridine rings is 1. The molecule has 3 N–H and O–H groups in total. The number of piperazine rings is 1. The zero-order valence-corrected chi connectivity index (χ0v) is 11.0. The van der Waals surface area contributed by atoms with Crippen molar-refractivity contribution in [3.8, 4) is 0 Å². The van der Waals surface area contributed by atoms with Gasteiger partial charge in [0.05, 0.1) is 12.6 Å². The summed E-state index contributed by atoms with van der Waals surface area (Å²) in [5.74, 6) is 0.0599. The summed E-state index contributed by atoms with van der Waals surface area (Å²) < 4.78 is 4.60. The maximum atomic E-state index is 12.0. The Morgan fingerprint density at radius 2 is 2.10 bits per heavy atom. The van der Waals surface area contributed by atoms with E-state index in [9.17, 15) is 9.59 Å². The van der Waals surface area contributed by atoms with Crippen LogP contribution in [0.15, 0.2) is 10.9 Å². The van der Waals surface area contributed by atoms with E-state index in [4.69, 9.17) is 0 Å². The lowest BCUT2D eigenvalue weighted by atomic mass is 10.3. The van der Waals surface area contributed by atoms with Crippen LogP contribution in [0.5, 0.6) is 0 Å². The molecule has 2 aromatic heterocycles. The van der Waals surface area contributed by atoms with Crippen molar-refractivity contribution in [2.45, 2.75) is 0 Å². The standard InChI is InChI=1S/C12H15N5O3/c1-20-11(19)8-6-7-9(10(18)14-8)16-12(15-7)17-4-2-13-3-5-17/h6,13H,2-5H2,1H3,(H,14,18)(H,15,16). The lowest BCUT2D eigenvalue weighted by Crippen LogP contribution is -2.44. The number of carbonyl (C=O) groups is 1. The van der Waals surface area contributed by atoms with Crippen LogP contribution in [0.3, 0.4) is 0 Å². The fourth-order valence-electron chi connectivity index (χ4n) is 2.26. The second-order valence-corrected chi connectivity index (χ2v) is 4.56. The fraction of sp³-hybridized carbons (Fsp3) is 0.417. The van der Waals surface area contributed by atoms with Gasteiger partial charge in [0.25, 0.3) is 5.56 Å². The van der Waals surface area contributed by atoms with Crippen molar-refractivity contribution in [2.75, 3.05) is 38.2 Å². The molecule has 0 saturated carbocycles. The number of ether oxygens (including phenoxy) is 1. The van der Waals surface area contributed by atoms with Gasteiger partial charge in [-0.1, -0.05) is 0 Å². The van der Waals surface area contributed by atoms with Crippen LogP contribution in [0.25, 0.3) is 11.0 Å². The predicted molar refractivity (Wildman–Crippen MR) is 73.1 cm³/mol. The van der Waals surface area contributed by atoms with Crippen LogP contribution in [0, 0.1) is 0 Å². The van der Waals surface area contributed by atoms with Gasteiger partial charge in [0, 0.05) is 26.2 Å². The van der Waals surface area contributed by atoms with Gasteiger partial charge in [-0.05, 0) is 6.07 Å². The van der Waals surface area contributed by atoms with Gasteiger partial charge in [0.15, 0.2) is 0 Å². The van der Waals surface area contributed by atoms with Crippen molar-refractivity contribution in [1.82, 2.24) is 20.3 Å². The molecular formula is C12H15N5O3. The van der Waals surface area contributed by atoms with E-state index >= 15 is 0 Å². The van der Waals surface area contributed by atoms with E-state index in [0.29, 0.717) is 17.0 Å². The SMILES string of the molecule is COC(=O)c1cc2nc(N3CCNCC3)[nH]c2c(=O)[nH]1. The number of imidazole rings is 1. The largest absolute Gasteiger partial charge is 0.464 e. The normalized spacial score (nSPS) is 15.6. The van der Waals surface area contributed by atoms with Crippen molar-refractivity contribution >= 4 is 23.0 Å². The highest BCUT2D eigenvalue weighted by Gasteiger charge is 2.17. The minimum Gasteiger partial charge on any atom is -0.464 e. The van der Waals surface area contributed by atoms with Gasteiger partial charge in [-0.3, -0.25) is 4.79 Å². The minimum atomic E-state index is -0.587. The van der Waals surface area contributed by atoms with Crippen LogP contribution >= 0.6 is 0 Å². The zero-order chi connectivity index (χ0) is 14.1. The highest BCUT2D eigenvalue weighted by Crippen LogP contribution is 2.15. The van der Waals surface area contributed by atoms with Crippen LogP contribution in [-0.2, 0) is 4.74 Å². The van der Waals surface area contributed by atoms with Gasteiger partial charge in [0.2, 0.25) is 5.95 Å². The molecule has 0 unspecified atom stereocenters. The number of methoxy groups -OCH3 is 1. The Bertz CT molecular complexity index is 699. The number of carbonyl (C=O) groups excluding carboxylic acids is 1. The lowest BCUT2D eigenvalue weighted by molar-refractivity contribution is 0.0594. The fourth-order valence-corrected chi connectivity index (χ4v) is 2.26. The summed E-state index contributed by atoms with van der Waals surface area (Å²) >= 11 is 0. The van der Waals surface area contributed by atoms with E-state index < -0.39 is 5.97 Å². The summed E-state index contributed by atoms with van der Waals surface area (Å²) in [5.41, 5.74) is 0.550. The molecule has 0 aliphatic carbocycles. The summed E-state index contributed by atoms with van der Waals surface area (Å²) in [6, 6.07) is 1.52. The molecule has 2 aromatic rings. The molecule has 0 radical (unpaired) electrons. The third-order valence-corrected chi connectivity index (χ3v) is 3.30. The molecule has 0 amide bonds. The number of fused-ring (bicyclic) bond motifs is 1. The topological polar surface area (TPSA) is 103 Å². The van der Waals surface area contributed by atoms with Crippen LogP contribution in [0.1, 0.15) is 10.5 Å². The molecule has 1 fully saturated rings. The summed E-state index contributed by atoms with van der Waals surface area (Å²) in [6.45, 7) is 3.39. The van der Waals surface area contributed by atoms with E-state index in [1.807, 2.05) is 0 Å². The van der Waals surface area contributed by atoms with E-state index in [1.165, 1.54) is 13.2 Å². The first-order valence-corrected chi connectivity index (χ1v) is 6.36. The van der Waals surface area contributed by atoms with Crippen molar-refractivity contribution in [2.24, 2.45) is 0 Å². The molecule has 0 atom stereocenters. The number of H-pyrrole nitrogens is 2.